The third-order valence-corrected chi connectivity index (χ3v) is 4.96. The van der Waals surface area contributed by atoms with Gasteiger partial charge in [0.1, 0.15) is 11.5 Å². The number of halogens is 1. The van der Waals surface area contributed by atoms with E-state index in [9.17, 15) is 4.79 Å². The predicted molar refractivity (Wildman–Crippen MR) is 104 cm³/mol. The van der Waals surface area contributed by atoms with Crippen LogP contribution in [0.2, 0.25) is 0 Å². The molecule has 0 fully saturated rings. The highest BCUT2D eigenvalue weighted by molar-refractivity contribution is 9.10. The Morgan fingerprint density at radius 1 is 1.31 bits per heavy atom. The number of carbonyl (C=O) groups is 1. The van der Waals surface area contributed by atoms with E-state index in [1.165, 1.54) is 18.0 Å². The second-order valence-corrected chi connectivity index (χ2v) is 7.26. The highest BCUT2D eigenvalue weighted by Gasteiger charge is 2.12. The maximum atomic E-state index is 11.9. The minimum absolute atomic E-state index is 0.181. The summed E-state index contributed by atoms with van der Waals surface area (Å²) < 4.78 is 8.19. The third-order valence-electron chi connectivity index (χ3n) is 3.41. The number of carbonyl (C=O) groups excluding carboxylic acids is 1. The second-order valence-electron chi connectivity index (χ2n) is 5.40. The van der Waals surface area contributed by atoms with Gasteiger partial charge in [-0.2, -0.15) is 5.10 Å². The Bertz CT molecular complexity index is 933. The number of aryl methyl sites for hydroxylation is 1. The molecule has 0 aliphatic heterocycles. The summed E-state index contributed by atoms with van der Waals surface area (Å²) in [6, 6.07) is 11.4. The number of benzene rings is 1. The zero-order chi connectivity index (χ0) is 18.5. The number of nitrogens with zero attached hydrogens (tertiary/aromatic N) is 4. The number of hydrazone groups is 1. The minimum atomic E-state index is -0.234. The van der Waals surface area contributed by atoms with Crippen LogP contribution < -0.4 is 5.43 Å². The summed E-state index contributed by atoms with van der Waals surface area (Å²) in [7, 11) is 1.87. The van der Waals surface area contributed by atoms with Crippen molar-refractivity contribution in [2.75, 3.05) is 5.75 Å². The number of nitrogens with one attached hydrogen (secondary N) is 1. The van der Waals surface area contributed by atoms with Gasteiger partial charge in [0.05, 0.1) is 12.0 Å². The summed E-state index contributed by atoms with van der Waals surface area (Å²) in [6.45, 7) is 1.84. The van der Waals surface area contributed by atoms with Crippen molar-refractivity contribution in [2.24, 2.45) is 12.1 Å². The molecule has 0 atom stereocenters. The van der Waals surface area contributed by atoms with Crippen molar-refractivity contribution in [3.05, 3.63) is 52.4 Å². The summed E-state index contributed by atoms with van der Waals surface area (Å²) in [4.78, 5) is 11.9. The zero-order valence-corrected chi connectivity index (χ0v) is 16.5. The molecule has 0 unspecified atom stereocenters. The number of furan rings is 1. The lowest BCUT2D eigenvalue weighted by Gasteiger charge is -2.03. The van der Waals surface area contributed by atoms with Gasteiger partial charge in [-0.05, 0) is 31.2 Å². The van der Waals surface area contributed by atoms with E-state index in [0.29, 0.717) is 10.9 Å². The number of aromatic nitrogens is 3. The average molecular weight is 434 g/mol. The van der Waals surface area contributed by atoms with E-state index in [1.54, 1.807) is 6.07 Å². The predicted octanol–water partition coefficient (Wildman–Crippen LogP) is 3.39. The van der Waals surface area contributed by atoms with Crippen molar-refractivity contribution < 1.29 is 9.21 Å². The molecule has 0 saturated heterocycles. The summed E-state index contributed by atoms with van der Waals surface area (Å²) in [5.74, 6) is 2.07. The fourth-order valence-corrected chi connectivity index (χ4v) is 3.11. The molecule has 0 saturated carbocycles. The Labute approximate surface area is 163 Å². The van der Waals surface area contributed by atoms with Crippen LogP contribution in [0.1, 0.15) is 11.5 Å². The molecule has 0 aliphatic rings. The van der Waals surface area contributed by atoms with Crippen LogP contribution in [-0.2, 0) is 11.8 Å². The van der Waals surface area contributed by atoms with Crippen LogP contribution in [0.15, 0.2) is 55.5 Å². The van der Waals surface area contributed by atoms with Crippen molar-refractivity contribution in [2.45, 2.75) is 12.1 Å². The molecule has 3 aromatic rings. The van der Waals surface area contributed by atoms with Gasteiger partial charge in [0, 0.05) is 17.1 Å². The molecule has 1 aromatic carbocycles. The fourth-order valence-electron chi connectivity index (χ4n) is 2.14. The van der Waals surface area contributed by atoms with Crippen molar-refractivity contribution in [1.29, 1.82) is 0 Å². The molecule has 1 amide bonds. The van der Waals surface area contributed by atoms with Crippen molar-refractivity contribution in [3.63, 3.8) is 0 Å². The molecule has 0 radical (unpaired) electrons. The average Bonchev–Trinajstić information content (AvgIpc) is 3.20. The first-order chi connectivity index (χ1) is 12.5. The van der Waals surface area contributed by atoms with Gasteiger partial charge in [0.15, 0.2) is 11.0 Å². The lowest BCUT2D eigenvalue weighted by Crippen LogP contribution is -2.19. The van der Waals surface area contributed by atoms with Crippen molar-refractivity contribution >= 4 is 39.8 Å². The van der Waals surface area contributed by atoms with Crippen molar-refractivity contribution in [3.8, 4) is 11.4 Å². The lowest BCUT2D eigenvalue weighted by molar-refractivity contribution is -0.118. The standard InChI is InChI=1S/C17H16BrN5O2S/c1-11-3-8-14(25-11)9-19-20-15(24)10-26-17-22-21-16(23(17)2)12-4-6-13(18)7-5-12/h3-9H,10H2,1-2H3,(H,20,24). The Morgan fingerprint density at radius 3 is 2.77 bits per heavy atom. The normalized spacial score (nSPS) is 11.2. The van der Waals surface area contributed by atoms with Crippen LogP contribution in [0.3, 0.4) is 0 Å². The highest BCUT2D eigenvalue weighted by Crippen LogP contribution is 2.23. The number of amides is 1. The largest absolute Gasteiger partial charge is 0.460 e. The summed E-state index contributed by atoms with van der Waals surface area (Å²) >= 11 is 4.71. The lowest BCUT2D eigenvalue weighted by atomic mass is 10.2. The summed E-state index contributed by atoms with van der Waals surface area (Å²) in [5.41, 5.74) is 3.42. The van der Waals surface area contributed by atoms with Crippen LogP contribution >= 0.6 is 27.7 Å². The maximum Gasteiger partial charge on any atom is 0.250 e. The first-order valence-corrected chi connectivity index (χ1v) is 9.47. The zero-order valence-electron chi connectivity index (χ0n) is 14.1. The van der Waals surface area contributed by atoms with Gasteiger partial charge in [0.25, 0.3) is 5.91 Å². The first-order valence-electron chi connectivity index (χ1n) is 7.69. The second kappa shape index (κ2) is 8.33. The Balaban J connectivity index is 1.55. The minimum Gasteiger partial charge on any atom is -0.460 e. The molecule has 0 aliphatic carbocycles. The van der Waals surface area contributed by atoms with Crippen LogP contribution in [0.4, 0.5) is 0 Å². The van der Waals surface area contributed by atoms with Gasteiger partial charge in [-0.15, -0.1) is 10.2 Å². The molecule has 134 valence electrons. The third kappa shape index (κ3) is 4.61. The smallest absolute Gasteiger partial charge is 0.250 e. The summed E-state index contributed by atoms with van der Waals surface area (Å²) in [5, 5.41) is 12.9. The molecule has 1 N–H and O–H groups in total. The van der Waals surface area contributed by atoms with E-state index in [4.69, 9.17) is 4.42 Å². The molecule has 0 bridgehead atoms. The first kappa shape index (κ1) is 18.4. The molecule has 7 nitrogen and oxygen atoms in total. The molecular weight excluding hydrogens is 418 g/mol. The fraction of sp³-hybridized carbons (Fsp3) is 0.176. The quantitative estimate of drug-likeness (QED) is 0.365. The van der Waals surface area contributed by atoms with Crippen LogP contribution in [0.25, 0.3) is 11.4 Å². The number of thioether (sulfide) groups is 1. The van der Waals surface area contributed by atoms with Gasteiger partial charge in [-0.3, -0.25) is 4.79 Å². The molecule has 0 spiro atoms. The molecule has 3 rings (SSSR count). The van der Waals surface area contributed by atoms with Gasteiger partial charge in [-0.25, -0.2) is 5.43 Å². The van der Waals surface area contributed by atoms with E-state index in [0.717, 1.165) is 21.6 Å². The van der Waals surface area contributed by atoms with Gasteiger partial charge in [-0.1, -0.05) is 39.8 Å². The van der Waals surface area contributed by atoms with Gasteiger partial charge in [0.2, 0.25) is 0 Å². The number of hydrogen-bond donors (Lipinski definition) is 1. The van der Waals surface area contributed by atoms with E-state index >= 15 is 0 Å². The molecular formula is C17H16BrN5O2S. The molecule has 9 heteroatoms. The monoisotopic (exact) mass is 433 g/mol. The number of hydrogen-bond acceptors (Lipinski definition) is 6. The Hall–Kier alpha value is -2.39. The van der Waals surface area contributed by atoms with Gasteiger partial charge >= 0.3 is 0 Å². The van der Waals surface area contributed by atoms with Crippen molar-refractivity contribution in [1.82, 2.24) is 20.2 Å². The maximum absolute atomic E-state index is 11.9. The van der Waals surface area contributed by atoms with E-state index in [-0.39, 0.29) is 11.7 Å². The Morgan fingerprint density at radius 2 is 2.08 bits per heavy atom. The van der Waals surface area contributed by atoms with Crippen LogP contribution in [-0.4, -0.2) is 32.6 Å². The highest BCUT2D eigenvalue weighted by atomic mass is 79.9. The molecule has 2 heterocycles. The van der Waals surface area contributed by atoms with Crippen LogP contribution in [0.5, 0.6) is 0 Å². The summed E-state index contributed by atoms with van der Waals surface area (Å²) in [6.07, 6.45) is 1.46. The number of rotatable bonds is 6. The topological polar surface area (TPSA) is 85.3 Å². The van der Waals surface area contributed by atoms with Gasteiger partial charge < -0.3 is 8.98 Å². The SMILES string of the molecule is Cc1ccc(C=NNC(=O)CSc2nnc(-c3ccc(Br)cc3)n2C)o1. The molecule has 26 heavy (non-hydrogen) atoms. The van der Waals surface area contributed by atoms with E-state index in [1.807, 2.05) is 48.9 Å². The van der Waals surface area contributed by atoms with E-state index in [2.05, 4.69) is 36.7 Å². The van der Waals surface area contributed by atoms with Crippen LogP contribution in [0, 0.1) is 6.92 Å². The van der Waals surface area contributed by atoms with E-state index < -0.39 is 0 Å². The Kier molecular flexibility index (Phi) is 5.89. The molecule has 2 aromatic heterocycles.